The number of rotatable bonds is 14. The summed E-state index contributed by atoms with van der Waals surface area (Å²) in [5.74, 6) is -0.280. The molecule has 0 aromatic heterocycles. The predicted molar refractivity (Wildman–Crippen MR) is 91.4 cm³/mol. The number of allylic oxidation sites excluding steroid dienone is 3. The van der Waals surface area contributed by atoms with E-state index < -0.39 is 0 Å². The lowest BCUT2D eigenvalue weighted by Crippen LogP contribution is -1.92. The largest absolute Gasteiger partial charge is 0.466 e. The van der Waals surface area contributed by atoms with Gasteiger partial charge >= 0.3 is 5.97 Å². The molecule has 122 valence electrons. The summed E-state index contributed by atoms with van der Waals surface area (Å²) in [5, 5.41) is 0. The molecule has 0 heterocycles. The van der Waals surface area contributed by atoms with Gasteiger partial charge in [-0.3, -0.25) is 0 Å². The van der Waals surface area contributed by atoms with Crippen LogP contribution in [-0.4, -0.2) is 13.1 Å². The van der Waals surface area contributed by atoms with Crippen LogP contribution < -0.4 is 0 Å². The molecule has 0 aromatic rings. The first kappa shape index (κ1) is 19.9. The standard InChI is InChI=1S/C19H34O2/c1-3-4-5-6-7-8-9-10-11-12-13-14-15-16-17-18-19(20)21-2/h14-15,17-18H,3-13,16H2,1-2H3. The highest BCUT2D eigenvalue weighted by atomic mass is 16.5. The SMILES string of the molecule is CCCCCCCCCCCCC=CCC=CC(=O)OC. The summed E-state index contributed by atoms with van der Waals surface area (Å²) in [4.78, 5) is 10.8. The Morgan fingerprint density at radius 3 is 1.95 bits per heavy atom. The second-order valence-corrected chi connectivity index (χ2v) is 5.60. The van der Waals surface area contributed by atoms with Crippen molar-refractivity contribution in [2.45, 2.75) is 84.0 Å². The summed E-state index contributed by atoms with van der Waals surface area (Å²) in [5.41, 5.74) is 0. The maximum atomic E-state index is 10.8. The third-order valence-corrected chi connectivity index (χ3v) is 3.62. The molecule has 0 amide bonds. The van der Waals surface area contributed by atoms with E-state index in [1.165, 1.54) is 77.4 Å². The molecule has 0 aliphatic carbocycles. The van der Waals surface area contributed by atoms with Crippen LogP contribution in [0.3, 0.4) is 0 Å². The molecular formula is C19H34O2. The lowest BCUT2D eigenvalue weighted by atomic mass is 10.1. The Hall–Kier alpha value is -1.05. The van der Waals surface area contributed by atoms with Crippen LogP contribution in [0.4, 0.5) is 0 Å². The van der Waals surface area contributed by atoms with Gasteiger partial charge < -0.3 is 4.74 Å². The molecule has 0 radical (unpaired) electrons. The van der Waals surface area contributed by atoms with Crippen molar-refractivity contribution in [3.8, 4) is 0 Å². The molecule has 0 saturated carbocycles. The molecule has 0 N–H and O–H groups in total. The molecule has 0 aliphatic rings. The summed E-state index contributed by atoms with van der Waals surface area (Å²) < 4.78 is 4.52. The van der Waals surface area contributed by atoms with Crippen molar-refractivity contribution in [2.24, 2.45) is 0 Å². The monoisotopic (exact) mass is 294 g/mol. The first-order valence-corrected chi connectivity index (χ1v) is 8.70. The zero-order valence-electron chi connectivity index (χ0n) is 14.1. The summed E-state index contributed by atoms with van der Waals surface area (Å²) >= 11 is 0. The lowest BCUT2D eigenvalue weighted by Gasteiger charge is -2.01. The number of hydrogen-bond acceptors (Lipinski definition) is 2. The predicted octanol–water partition coefficient (Wildman–Crippen LogP) is 5.97. The Kier molecular flexibility index (Phi) is 16.2. The molecule has 0 bridgehead atoms. The second-order valence-electron chi connectivity index (χ2n) is 5.60. The van der Waals surface area contributed by atoms with Gasteiger partial charge in [-0.15, -0.1) is 0 Å². The van der Waals surface area contributed by atoms with Gasteiger partial charge in [-0.1, -0.05) is 82.9 Å². The van der Waals surface area contributed by atoms with Gasteiger partial charge in [0.15, 0.2) is 0 Å². The molecule has 0 aromatic carbocycles. The maximum absolute atomic E-state index is 10.8. The van der Waals surface area contributed by atoms with Crippen molar-refractivity contribution in [3.63, 3.8) is 0 Å². The average Bonchev–Trinajstić information content (AvgIpc) is 2.50. The fourth-order valence-corrected chi connectivity index (χ4v) is 2.27. The van der Waals surface area contributed by atoms with Gasteiger partial charge in [-0.2, -0.15) is 0 Å². The third-order valence-electron chi connectivity index (χ3n) is 3.62. The van der Waals surface area contributed by atoms with Crippen LogP contribution in [0.1, 0.15) is 84.0 Å². The first-order chi connectivity index (χ1) is 10.3. The van der Waals surface area contributed by atoms with Gasteiger partial charge in [0.2, 0.25) is 0 Å². The summed E-state index contributed by atoms with van der Waals surface area (Å²) in [7, 11) is 1.40. The Morgan fingerprint density at radius 2 is 1.38 bits per heavy atom. The molecule has 0 unspecified atom stereocenters. The van der Waals surface area contributed by atoms with E-state index in [4.69, 9.17) is 0 Å². The zero-order valence-corrected chi connectivity index (χ0v) is 14.1. The van der Waals surface area contributed by atoms with Crippen LogP contribution in [0, 0.1) is 0 Å². The van der Waals surface area contributed by atoms with Gasteiger partial charge in [0, 0.05) is 6.08 Å². The summed E-state index contributed by atoms with van der Waals surface area (Å²) in [6, 6.07) is 0. The Balaban J connectivity index is 3.18. The molecular weight excluding hydrogens is 260 g/mol. The molecule has 2 heteroatoms. The van der Waals surface area contributed by atoms with E-state index >= 15 is 0 Å². The third kappa shape index (κ3) is 16.9. The van der Waals surface area contributed by atoms with E-state index in [1.54, 1.807) is 0 Å². The fourth-order valence-electron chi connectivity index (χ4n) is 2.27. The molecule has 0 rings (SSSR count). The molecule has 0 spiro atoms. The van der Waals surface area contributed by atoms with E-state index in [2.05, 4.69) is 23.8 Å². The minimum Gasteiger partial charge on any atom is -0.466 e. The van der Waals surface area contributed by atoms with Crippen LogP contribution in [0.2, 0.25) is 0 Å². The number of carbonyl (C=O) groups is 1. The van der Waals surface area contributed by atoms with E-state index in [0.29, 0.717) is 0 Å². The molecule has 21 heavy (non-hydrogen) atoms. The van der Waals surface area contributed by atoms with E-state index in [9.17, 15) is 4.79 Å². The van der Waals surface area contributed by atoms with E-state index in [0.717, 1.165) is 12.8 Å². The maximum Gasteiger partial charge on any atom is 0.330 e. The minimum absolute atomic E-state index is 0.280. The molecule has 0 aliphatic heterocycles. The average molecular weight is 294 g/mol. The highest BCUT2D eigenvalue weighted by Gasteiger charge is 1.92. The number of carbonyl (C=O) groups excluding carboxylic acids is 1. The molecule has 0 saturated heterocycles. The number of hydrogen-bond donors (Lipinski definition) is 0. The summed E-state index contributed by atoms with van der Waals surface area (Å²) in [6.07, 6.45) is 23.4. The van der Waals surface area contributed by atoms with Gasteiger partial charge in [-0.25, -0.2) is 4.79 Å². The topological polar surface area (TPSA) is 26.3 Å². The first-order valence-electron chi connectivity index (χ1n) is 8.70. The second kappa shape index (κ2) is 17.0. The van der Waals surface area contributed by atoms with Gasteiger partial charge in [0.1, 0.15) is 0 Å². The number of ether oxygens (including phenoxy) is 1. The van der Waals surface area contributed by atoms with Crippen LogP contribution >= 0.6 is 0 Å². The smallest absolute Gasteiger partial charge is 0.330 e. The lowest BCUT2D eigenvalue weighted by molar-refractivity contribution is -0.134. The van der Waals surface area contributed by atoms with Crippen molar-refractivity contribution >= 4 is 5.97 Å². The number of esters is 1. The van der Waals surface area contributed by atoms with Crippen LogP contribution in [0.25, 0.3) is 0 Å². The molecule has 0 fully saturated rings. The van der Waals surface area contributed by atoms with Gasteiger partial charge in [0.25, 0.3) is 0 Å². The quantitative estimate of drug-likeness (QED) is 0.171. The van der Waals surface area contributed by atoms with Gasteiger partial charge in [-0.05, 0) is 19.3 Å². The number of unbranched alkanes of at least 4 members (excludes halogenated alkanes) is 10. The zero-order chi connectivity index (χ0) is 15.6. The normalized spacial score (nSPS) is 11.5. The van der Waals surface area contributed by atoms with Crippen molar-refractivity contribution in [3.05, 3.63) is 24.3 Å². The fraction of sp³-hybridized carbons (Fsp3) is 0.737. The van der Waals surface area contributed by atoms with Crippen molar-refractivity contribution < 1.29 is 9.53 Å². The van der Waals surface area contributed by atoms with Crippen molar-refractivity contribution in [2.75, 3.05) is 7.11 Å². The van der Waals surface area contributed by atoms with Gasteiger partial charge in [0.05, 0.1) is 7.11 Å². The number of methoxy groups -OCH3 is 1. The Bertz CT molecular complexity index is 279. The van der Waals surface area contributed by atoms with Crippen LogP contribution in [0.15, 0.2) is 24.3 Å². The highest BCUT2D eigenvalue weighted by molar-refractivity contribution is 5.81. The van der Waals surface area contributed by atoms with Crippen LogP contribution in [-0.2, 0) is 9.53 Å². The Labute approximate surface area is 131 Å². The summed E-state index contributed by atoms with van der Waals surface area (Å²) in [6.45, 7) is 2.27. The molecule has 2 nitrogen and oxygen atoms in total. The van der Waals surface area contributed by atoms with Crippen LogP contribution in [0.5, 0.6) is 0 Å². The Morgan fingerprint density at radius 1 is 0.810 bits per heavy atom. The highest BCUT2D eigenvalue weighted by Crippen LogP contribution is 2.11. The molecule has 0 atom stereocenters. The van der Waals surface area contributed by atoms with Crippen molar-refractivity contribution in [1.29, 1.82) is 0 Å². The van der Waals surface area contributed by atoms with E-state index in [-0.39, 0.29) is 5.97 Å². The van der Waals surface area contributed by atoms with Crippen molar-refractivity contribution in [1.82, 2.24) is 0 Å². The van der Waals surface area contributed by atoms with E-state index in [1.807, 2.05) is 6.08 Å². The minimum atomic E-state index is -0.280.